The third-order valence-electron chi connectivity index (χ3n) is 3.36. The van der Waals surface area contributed by atoms with Gasteiger partial charge >= 0.3 is 5.97 Å². The number of nitrogens with two attached hydrogens (primary N) is 1. The van der Waals surface area contributed by atoms with Crippen LogP contribution in [0.4, 0.5) is 5.69 Å². The Labute approximate surface area is 123 Å². The van der Waals surface area contributed by atoms with Gasteiger partial charge in [-0.15, -0.1) is 0 Å². The molecule has 0 saturated heterocycles. The van der Waals surface area contributed by atoms with Crippen LogP contribution in [0.25, 0.3) is 10.8 Å². The van der Waals surface area contributed by atoms with E-state index in [-0.39, 0.29) is 0 Å². The number of esters is 1. The van der Waals surface area contributed by atoms with Crippen molar-refractivity contribution in [3.05, 3.63) is 71.8 Å². The molecule has 3 heteroatoms. The van der Waals surface area contributed by atoms with Crippen molar-refractivity contribution in [2.24, 2.45) is 0 Å². The molecule has 3 nitrogen and oxygen atoms in total. The summed E-state index contributed by atoms with van der Waals surface area (Å²) in [4.78, 5) is 12.2. The Morgan fingerprint density at radius 1 is 0.952 bits per heavy atom. The highest BCUT2D eigenvalue weighted by Gasteiger charge is 2.12. The van der Waals surface area contributed by atoms with Gasteiger partial charge in [-0.3, -0.25) is 0 Å². The first-order valence-corrected chi connectivity index (χ1v) is 6.70. The molecule has 0 atom stereocenters. The summed E-state index contributed by atoms with van der Waals surface area (Å²) in [5.41, 5.74) is 7.62. The molecule has 104 valence electrons. The van der Waals surface area contributed by atoms with Crippen molar-refractivity contribution >= 4 is 22.4 Å². The Kier molecular flexibility index (Phi) is 3.32. The molecule has 0 aromatic heterocycles. The first-order chi connectivity index (χ1) is 10.1. The first kappa shape index (κ1) is 13.2. The topological polar surface area (TPSA) is 52.3 Å². The van der Waals surface area contributed by atoms with Crippen LogP contribution in [0.3, 0.4) is 0 Å². The van der Waals surface area contributed by atoms with E-state index in [1.165, 1.54) is 0 Å². The lowest BCUT2D eigenvalue weighted by atomic mass is 10.1. The van der Waals surface area contributed by atoms with Crippen LogP contribution in [0.2, 0.25) is 0 Å². The Morgan fingerprint density at radius 3 is 2.52 bits per heavy atom. The number of hydrogen-bond donors (Lipinski definition) is 1. The summed E-state index contributed by atoms with van der Waals surface area (Å²) < 4.78 is 5.43. The van der Waals surface area contributed by atoms with Crippen LogP contribution >= 0.6 is 0 Å². The molecule has 0 radical (unpaired) electrons. The number of aryl methyl sites for hydroxylation is 1. The van der Waals surface area contributed by atoms with Gasteiger partial charge in [0.2, 0.25) is 0 Å². The van der Waals surface area contributed by atoms with Crippen molar-refractivity contribution in [1.29, 1.82) is 0 Å². The van der Waals surface area contributed by atoms with Crippen LogP contribution < -0.4 is 10.5 Å². The molecule has 0 fully saturated rings. The molecule has 21 heavy (non-hydrogen) atoms. The van der Waals surface area contributed by atoms with Crippen molar-refractivity contribution in [2.45, 2.75) is 6.92 Å². The molecule has 0 aliphatic rings. The van der Waals surface area contributed by atoms with Crippen molar-refractivity contribution in [1.82, 2.24) is 0 Å². The van der Waals surface area contributed by atoms with Gasteiger partial charge in [0.05, 0.1) is 5.56 Å². The van der Waals surface area contributed by atoms with E-state index in [1.807, 2.05) is 49.4 Å². The number of benzene rings is 3. The Balaban J connectivity index is 1.90. The van der Waals surface area contributed by atoms with Gasteiger partial charge in [0.1, 0.15) is 5.75 Å². The lowest BCUT2D eigenvalue weighted by molar-refractivity contribution is 0.0736. The molecule has 0 bridgehead atoms. The zero-order valence-corrected chi connectivity index (χ0v) is 11.7. The molecule has 0 heterocycles. The third kappa shape index (κ3) is 2.72. The molecule has 0 aliphatic heterocycles. The van der Waals surface area contributed by atoms with E-state index in [4.69, 9.17) is 10.5 Å². The molecule has 0 saturated carbocycles. The van der Waals surface area contributed by atoms with Crippen LogP contribution in [0, 0.1) is 6.92 Å². The van der Waals surface area contributed by atoms with Crippen molar-refractivity contribution in [3.8, 4) is 5.75 Å². The van der Waals surface area contributed by atoms with Crippen molar-refractivity contribution in [3.63, 3.8) is 0 Å². The molecule has 0 spiro atoms. The number of rotatable bonds is 2. The predicted octanol–water partition coefficient (Wildman–Crippen LogP) is 3.95. The Morgan fingerprint density at radius 2 is 1.71 bits per heavy atom. The lowest BCUT2D eigenvalue weighted by Gasteiger charge is -2.08. The van der Waals surface area contributed by atoms with Crippen molar-refractivity contribution < 1.29 is 9.53 Å². The second-order valence-electron chi connectivity index (χ2n) is 4.99. The highest BCUT2D eigenvalue weighted by molar-refractivity contribution is 5.97. The molecule has 3 aromatic carbocycles. The number of carbonyl (C=O) groups excluding carboxylic acids is 1. The van der Waals surface area contributed by atoms with Crippen molar-refractivity contribution in [2.75, 3.05) is 5.73 Å². The molecular formula is C18H15NO2. The van der Waals surface area contributed by atoms with E-state index in [2.05, 4.69) is 0 Å². The van der Waals surface area contributed by atoms with Crippen LogP contribution in [0.1, 0.15) is 15.9 Å². The average molecular weight is 277 g/mol. The smallest absolute Gasteiger partial charge is 0.345 e. The first-order valence-electron chi connectivity index (χ1n) is 6.70. The minimum atomic E-state index is -0.438. The quantitative estimate of drug-likeness (QED) is 0.438. The van der Waals surface area contributed by atoms with Gasteiger partial charge in [-0.25, -0.2) is 4.79 Å². The fourth-order valence-corrected chi connectivity index (χ4v) is 2.24. The number of anilines is 1. The summed E-state index contributed by atoms with van der Waals surface area (Å²) in [6.07, 6.45) is 0. The van der Waals surface area contributed by atoms with Gasteiger partial charge in [0, 0.05) is 5.69 Å². The van der Waals surface area contributed by atoms with Gasteiger partial charge < -0.3 is 10.5 Å². The predicted molar refractivity (Wildman–Crippen MR) is 84.5 cm³/mol. The molecule has 3 aromatic rings. The highest BCUT2D eigenvalue weighted by Crippen LogP contribution is 2.22. The van der Waals surface area contributed by atoms with E-state index in [0.717, 1.165) is 16.3 Å². The van der Waals surface area contributed by atoms with Crippen LogP contribution in [0.5, 0.6) is 5.75 Å². The van der Waals surface area contributed by atoms with Crippen LogP contribution in [-0.2, 0) is 0 Å². The highest BCUT2D eigenvalue weighted by atomic mass is 16.5. The summed E-state index contributed by atoms with van der Waals surface area (Å²) in [5, 5.41) is 2.13. The maximum atomic E-state index is 12.2. The van der Waals surface area contributed by atoms with Crippen LogP contribution in [0.15, 0.2) is 60.7 Å². The summed E-state index contributed by atoms with van der Waals surface area (Å²) in [6.45, 7) is 1.91. The van der Waals surface area contributed by atoms with E-state index >= 15 is 0 Å². The maximum Gasteiger partial charge on any atom is 0.345 e. The standard InChI is InChI=1S/C18H15NO2/c1-12-6-9-17(19)16(10-12)18(20)21-15-8-7-13-4-2-3-5-14(13)11-15/h2-11H,19H2,1H3. The Hall–Kier alpha value is -2.81. The minimum absolute atomic E-state index is 0.392. The van der Waals surface area contributed by atoms with Gasteiger partial charge in [0.25, 0.3) is 0 Å². The maximum absolute atomic E-state index is 12.2. The molecular weight excluding hydrogens is 262 g/mol. The third-order valence-corrected chi connectivity index (χ3v) is 3.36. The van der Waals surface area contributed by atoms with Gasteiger partial charge in [0.15, 0.2) is 0 Å². The lowest BCUT2D eigenvalue weighted by Crippen LogP contribution is -2.11. The number of nitrogen functional groups attached to an aromatic ring is 1. The summed E-state index contributed by atoms with van der Waals surface area (Å²) in [7, 11) is 0. The molecule has 2 N–H and O–H groups in total. The minimum Gasteiger partial charge on any atom is -0.423 e. The molecule has 0 amide bonds. The fourth-order valence-electron chi connectivity index (χ4n) is 2.24. The van der Waals surface area contributed by atoms with E-state index in [9.17, 15) is 4.79 Å². The Bertz CT molecular complexity index is 824. The summed E-state index contributed by atoms with van der Waals surface area (Å²) in [6, 6.07) is 18.8. The second kappa shape index (κ2) is 5.29. The second-order valence-corrected chi connectivity index (χ2v) is 4.99. The SMILES string of the molecule is Cc1ccc(N)c(C(=O)Oc2ccc3ccccc3c2)c1. The number of carbonyl (C=O) groups is 1. The fraction of sp³-hybridized carbons (Fsp3) is 0.0556. The molecule has 0 aliphatic carbocycles. The molecule has 0 unspecified atom stereocenters. The van der Waals surface area contributed by atoms with E-state index in [0.29, 0.717) is 17.0 Å². The van der Waals surface area contributed by atoms with Crippen LogP contribution in [-0.4, -0.2) is 5.97 Å². The largest absolute Gasteiger partial charge is 0.423 e. The monoisotopic (exact) mass is 277 g/mol. The summed E-state index contributed by atoms with van der Waals surface area (Å²) in [5.74, 6) is 0.0751. The van der Waals surface area contributed by atoms with E-state index < -0.39 is 5.97 Å². The van der Waals surface area contributed by atoms with Gasteiger partial charge in [-0.05, 0) is 42.0 Å². The summed E-state index contributed by atoms with van der Waals surface area (Å²) >= 11 is 0. The number of fused-ring (bicyclic) bond motifs is 1. The number of ether oxygens (including phenoxy) is 1. The number of hydrogen-bond acceptors (Lipinski definition) is 3. The van der Waals surface area contributed by atoms with E-state index in [1.54, 1.807) is 18.2 Å². The molecule has 3 rings (SSSR count). The average Bonchev–Trinajstić information content (AvgIpc) is 2.49. The normalized spacial score (nSPS) is 10.5. The zero-order valence-electron chi connectivity index (χ0n) is 11.7. The zero-order chi connectivity index (χ0) is 14.8. The van der Waals surface area contributed by atoms with Gasteiger partial charge in [-0.1, -0.05) is 42.0 Å². The van der Waals surface area contributed by atoms with Gasteiger partial charge in [-0.2, -0.15) is 0 Å².